The molecule has 68 valence electrons. The van der Waals surface area contributed by atoms with Gasteiger partial charge in [-0.25, -0.2) is 4.98 Å². The fourth-order valence-corrected chi connectivity index (χ4v) is 0.860. The third kappa shape index (κ3) is 2.30. The summed E-state index contributed by atoms with van der Waals surface area (Å²) in [7, 11) is 1.49. The van der Waals surface area contributed by atoms with Gasteiger partial charge in [-0.05, 0) is 24.3 Å². The number of carbonyl (C=O) groups is 1. The molecule has 0 aromatic carbocycles. The topological polar surface area (TPSA) is 65.2 Å². The third-order valence-corrected chi connectivity index (χ3v) is 1.45. The third-order valence-electron chi connectivity index (χ3n) is 1.45. The Bertz CT molecular complexity index is 334. The molecular weight excluding hydrogens is 168 g/mol. The summed E-state index contributed by atoms with van der Waals surface area (Å²) in [5, 5.41) is 0. The van der Waals surface area contributed by atoms with Crippen LogP contribution >= 0.6 is 0 Å². The first-order valence-electron chi connectivity index (χ1n) is 3.70. The molecule has 0 aliphatic heterocycles. The summed E-state index contributed by atoms with van der Waals surface area (Å²) in [6.45, 7) is 0. The van der Waals surface area contributed by atoms with E-state index in [1.807, 2.05) is 0 Å². The molecule has 0 saturated heterocycles. The Morgan fingerprint density at radius 3 is 2.92 bits per heavy atom. The number of nitrogen functional groups attached to an aromatic ring is 1. The minimum Gasteiger partial charge on any atom is -0.480 e. The second kappa shape index (κ2) is 4.25. The molecule has 1 aromatic heterocycles. The predicted octanol–water partition coefficient (Wildman–Crippen LogP) is 0.884. The van der Waals surface area contributed by atoms with Crippen molar-refractivity contribution in [2.75, 3.05) is 12.8 Å². The molecule has 1 rings (SSSR count). The van der Waals surface area contributed by atoms with Gasteiger partial charge >= 0.3 is 0 Å². The summed E-state index contributed by atoms with van der Waals surface area (Å²) >= 11 is 0. The van der Waals surface area contributed by atoms with Gasteiger partial charge in [0.2, 0.25) is 5.88 Å². The molecule has 0 atom stereocenters. The van der Waals surface area contributed by atoms with Gasteiger partial charge in [0.25, 0.3) is 0 Å². The lowest BCUT2D eigenvalue weighted by atomic mass is 10.3. The van der Waals surface area contributed by atoms with Crippen LogP contribution in [0.3, 0.4) is 0 Å². The first-order chi connectivity index (χ1) is 6.27. The van der Waals surface area contributed by atoms with E-state index in [2.05, 4.69) is 4.98 Å². The number of ether oxygens (including phenoxy) is 1. The molecule has 2 N–H and O–H groups in total. The van der Waals surface area contributed by atoms with Gasteiger partial charge in [0.15, 0.2) is 0 Å². The maximum absolute atomic E-state index is 10.0. The highest BCUT2D eigenvalue weighted by Crippen LogP contribution is 2.17. The van der Waals surface area contributed by atoms with Gasteiger partial charge in [-0.2, -0.15) is 0 Å². The van der Waals surface area contributed by atoms with Gasteiger partial charge < -0.3 is 10.5 Å². The number of anilines is 1. The van der Waals surface area contributed by atoms with E-state index in [-0.39, 0.29) is 0 Å². The van der Waals surface area contributed by atoms with E-state index >= 15 is 0 Å². The van der Waals surface area contributed by atoms with Gasteiger partial charge in [0.1, 0.15) is 6.29 Å². The van der Waals surface area contributed by atoms with Crippen LogP contribution in [0.5, 0.6) is 5.88 Å². The number of carbonyl (C=O) groups excluding carboxylic acids is 1. The second-order valence-electron chi connectivity index (χ2n) is 2.33. The zero-order chi connectivity index (χ0) is 9.68. The first-order valence-corrected chi connectivity index (χ1v) is 3.70. The van der Waals surface area contributed by atoms with Crippen molar-refractivity contribution in [2.24, 2.45) is 0 Å². The van der Waals surface area contributed by atoms with Crippen molar-refractivity contribution in [1.82, 2.24) is 4.98 Å². The summed E-state index contributed by atoms with van der Waals surface area (Å²) < 4.78 is 4.91. The number of pyridine rings is 1. The smallest absolute Gasteiger partial charge is 0.237 e. The fourth-order valence-electron chi connectivity index (χ4n) is 0.860. The molecule has 4 heteroatoms. The molecule has 1 aromatic rings. The number of nitrogens with zero attached hydrogens (tertiary/aromatic N) is 1. The van der Waals surface area contributed by atoms with Crippen molar-refractivity contribution >= 4 is 18.0 Å². The van der Waals surface area contributed by atoms with Gasteiger partial charge in [-0.1, -0.05) is 0 Å². The Kier molecular flexibility index (Phi) is 3.03. The molecule has 0 spiro atoms. The van der Waals surface area contributed by atoms with E-state index in [1.165, 1.54) is 13.2 Å². The normalized spacial score (nSPS) is 10.2. The Labute approximate surface area is 76.0 Å². The van der Waals surface area contributed by atoms with Crippen molar-refractivity contribution in [1.29, 1.82) is 0 Å². The van der Waals surface area contributed by atoms with Crippen LogP contribution in [0.2, 0.25) is 0 Å². The Hall–Kier alpha value is -1.84. The molecule has 4 nitrogen and oxygen atoms in total. The monoisotopic (exact) mass is 178 g/mol. The van der Waals surface area contributed by atoms with Gasteiger partial charge in [-0.3, -0.25) is 4.79 Å². The van der Waals surface area contributed by atoms with Crippen molar-refractivity contribution < 1.29 is 9.53 Å². The summed E-state index contributed by atoms with van der Waals surface area (Å²) in [6, 6.07) is 3.38. The lowest BCUT2D eigenvalue weighted by Gasteiger charge is -2.02. The molecule has 0 amide bonds. The van der Waals surface area contributed by atoms with Gasteiger partial charge in [-0.15, -0.1) is 0 Å². The average molecular weight is 178 g/mol. The molecule has 0 bridgehead atoms. The van der Waals surface area contributed by atoms with Crippen LogP contribution in [0, 0.1) is 0 Å². The standard InChI is InChI=1S/C9H10N2O2/c1-13-9-8(10)5-4-7(11-9)3-2-6-12/h2-6H,10H2,1H3. The maximum Gasteiger partial charge on any atom is 0.237 e. The zero-order valence-corrected chi connectivity index (χ0v) is 7.23. The van der Waals surface area contributed by atoms with Crippen LogP contribution in [0.25, 0.3) is 6.08 Å². The van der Waals surface area contributed by atoms with Crippen LogP contribution in [0.1, 0.15) is 5.69 Å². The number of aromatic nitrogens is 1. The summed E-state index contributed by atoms with van der Waals surface area (Å²) in [5.41, 5.74) is 6.66. The van der Waals surface area contributed by atoms with E-state index in [9.17, 15) is 4.79 Å². The van der Waals surface area contributed by atoms with Gasteiger partial charge in [0.05, 0.1) is 18.5 Å². The van der Waals surface area contributed by atoms with E-state index in [4.69, 9.17) is 10.5 Å². The van der Waals surface area contributed by atoms with Crippen LogP contribution in [-0.2, 0) is 4.79 Å². The van der Waals surface area contributed by atoms with E-state index in [1.54, 1.807) is 18.2 Å². The second-order valence-corrected chi connectivity index (χ2v) is 2.33. The molecule has 0 saturated carbocycles. The van der Waals surface area contributed by atoms with Crippen LogP contribution in [-0.4, -0.2) is 18.4 Å². The summed E-state index contributed by atoms with van der Waals surface area (Å²) in [6.07, 6.45) is 3.62. The lowest BCUT2D eigenvalue weighted by molar-refractivity contribution is -0.104. The largest absolute Gasteiger partial charge is 0.480 e. The van der Waals surface area contributed by atoms with Crippen LogP contribution < -0.4 is 10.5 Å². The van der Waals surface area contributed by atoms with Crippen molar-refractivity contribution in [3.63, 3.8) is 0 Å². The highest BCUT2D eigenvalue weighted by Gasteiger charge is 1.99. The molecule has 0 aliphatic carbocycles. The molecule has 0 unspecified atom stereocenters. The van der Waals surface area contributed by atoms with Crippen molar-refractivity contribution in [3.8, 4) is 5.88 Å². The Balaban J connectivity index is 2.99. The van der Waals surface area contributed by atoms with Crippen LogP contribution in [0.4, 0.5) is 5.69 Å². The van der Waals surface area contributed by atoms with E-state index in [0.29, 0.717) is 23.5 Å². The van der Waals surface area contributed by atoms with E-state index in [0.717, 1.165) is 0 Å². The first kappa shape index (κ1) is 9.25. The highest BCUT2D eigenvalue weighted by molar-refractivity contribution is 5.73. The number of allylic oxidation sites excluding steroid dienone is 1. The fraction of sp³-hybridized carbons (Fsp3) is 0.111. The number of aldehydes is 1. The number of methoxy groups -OCH3 is 1. The molecule has 13 heavy (non-hydrogen) atoms. The minimum atomic E-state index is 0.369. The zero-order valence-electron chi connectivity index (χ0n) is 7.23. The van der Waals surface area contributed by atoms with Crippen LogP contribution in [0.15, 0.2) is 18.2 Å². The predicted molar refractivity (Wildman–Crippen MR) is 50.3 cm³/mol. The van der Waals surface area contributed by atoms with E-state index < -0.39 is 0 Å². The molecule has 1 heterocycles. The number of hydrogen-bond acceptors (Lipinski definition) is 4. The average Bonchev–Trinajstić information content (AvgIpc) is 2.16. The minimum absolute atomic E-state index is 0.369. The quantitative estimate of drug-likeness (QED) is 0.551. The number of nitrogens with two attached hydrogens (primary N) is 1. The summed E-state index contributed by atoms with van der Waals surface area (Å²) in [4.78, 5) is 14.1. The lowest BCUT2D eigenvalue weighted by Crippen LogP contribution is -1.96. The number of hydrogen-bond donors (Lipinski definition) is 1. The maximum atomic E-state index is 10.0. The molecular formula is C9H10N2O2. The highest BCUT2D eigenvalue weighted by atomic mass is 16.5. The molecule has 0 aliphatic rings. The summed E-state index contributed by atoms with van der Waals surface area (Å²) in [5.74, 6) is 0.369. The Morgan fingerprint density at radius 2 is 2.31 bits per heavy atom. The van der Waals surface area contributed by atoms with Crippen molar-refractivity contribution in [3.05, 3.63) is 23.9 Å². The van der Waals surface area contributed by atoms with Gasteiger partial charge in [0, 0.05) is 0 Å². The Morgan fingerprint density at radius 1 is 1.54 bits per heavy atom. The SMILES string of the molecule is COc1nc(C=CC=O)ccc1N. The number of rotatable bonds is 3. The molecule has 0 fully saturated rings. The van der Waals surface area contributed by atoms with Crippen molar-refractivity contribution in [2.45, 2.75) is 0 Å². The molecule has 0 radical (unpaired) electrons.